The predicted octanol–water partition coefficient (Wildman–Crippen LogP) is 4.88. The average Bonchev–Trinajstić information content (AvgIpc) is 3.55. The van der Waals surface area contributed by atoms with Crippen LogP contribution in [0.1, 0.15) is 22.7 Å². The molecule has 0 aliphatic carbocycles. The number of nitrogens with zero attached hydrogens (tertiary/aromatic N) is 1. The molecule has 0 saturated carbocycles. The summed E-state index contributed by atoms with van der Waals surface area (Å²) < 4.78 is 27.2. The van der Waals surface area contributed by atoms with E-state index < -0.39 is 17.7 Å². The second kappa shape index (κ2) is 11.8. The van der Waals surface area contributed by atoms with Gasteiger partial charge in [0, 0.05) is 34.8 Å². The Kier molecular flexibility index (Phi) is 7.97. The number of methoxy groups -OCH3 is 5. The lowest BCUT2D eigenvalue weighted by Crippen LogP contribution is -2.31. The van der Waals surface area contributed by atoms with Crippen molar-refractivity contribution in [2.75, 3.05) is 42.1 Å². The Hall–Kier alpha value is -5.12. The summed E-state index contributed by atoms with van der Waals surface area (Å²) in [6.45, 7) is 0.183. The highest BCUT2D eigenvalue weighted by Crippen LogP contribution is 2.44. The van der Waals surface area contributed by atoms with Gasteiger partial charge in [0.2, 0.25) is 0 Å². The summed E-state index contributed by atoms with van der Waals surface area (Å²) in [4.78, 5) is 32.0. The summed E-state index contributed by atoms with van der Waals surface area (Å²) in [5.41, 5.74) is 2.59. The monoisotopic (exact) mass is 572 g/mol. The van der Waals surface area contributed by atoms with Crippen LogP contribution in [0.25, 0.3) is 16.7 Å². The van der Waals surface area contributed by atoms with Gasteiger partial charge in [0.25, 0.3) is 11.7 Å². The number of hydrogen-bond donors (Lipinski definition) is 2. The number of likely N-dealkylation sites (tertiary alicyclic amines) is 1. The van der Waals surface area contributed by atoms with Crippen LogP contribution in [0.4, 0.5) is 0 Å². The number of ketones is 1. The molecule has 1 aromatic heterocycles. The number of amides is 1. The molecule has 4 aromatic rings. The molecule has 0 spiro atoms. The maximum atomic E-state index is 13.6. The number of H-pyrrole nitrogens is 1. The molecule has 5 rings (SSSR count). The number of nitrogens with one attached hydrogen (secondary N) is 1. The van der Waals surface area contributed by atoms with Crippen LogP contribution < -0.4 is 23.7 Å². The lowest BCUT2D eigenvalue weighted by molar-refractivity contribution is -0.139. The number of fused-ring (bicyclic) bond motifs is 1. The minimum Gasteiger partial charge on any atom is -0.507 e. The molecule has 0 unspecified atom stereocenters. The number of aromatic amines is 1. The van der Waals surface area contributed by atoms with E-state index in [1.165, 1.54) is 33.3 Å². The number of aromatic nitrogens is 1. The van der Waals surface area contributed by atoms with Crippen molar-refractivity contribution in [2.24, 2.45) is 0 Å². The van der Waals surface area contributed by atoms with Crippen molar-refractivity contribution in [3.63, 3.8) is 0 Å². The van der Waals surface area contributed by atoms with Gasteiger partial charge in [-0.3, -0.25) is 9.59 Å². The van der Waals surface area contributed by atoms with E-state index in [1.54, 1.807) is 43.5 Å². The molecule has 1 amide bonds. The van der Waals surface area contributed by atoms with Crippen LogP contribution in [0.2, 0.25) is 0 Å². The highest BCUT2D eigenvalue weighted by atomic mass is 16.5. The van der Waals surface area contributed by atoms with Crippen LogP contribution in [0, 0.1) is 0 Å². The van der Waals surface area contributed by atoms with Crippen LogP contribution in [0.15, 0.2) is 66.4 Å². The maximum Gasteiger partial charge on any atom is 0.295 e. The Morgan fingerprint density at radius 1 is 0.810 bits per heavy atom. The maximum absolute atomic E-state index is 13.6. The van der Waals surface area contributed by atoms with Gasteiger partial charge in [-0.2, -0.15) is 0 Å². The van der Waals surface area contributed by atoms with Crippen molar-refractivity contribution in [1.82, 2.24) is 9.88 Å². The highest BCUT2D eigenvalue weighted by Gasteiger charge is 2.47. The van der Waals surface area contributed by atoms with Crippen LogP contribution >= 0.6 is 0 Å². The topological polar surface area (TPSA) is 120 Å². The molecule has 3 aromatic carbocycles. The zero-order valence-corrected chi connectivity index (χ0v) is 24.0. The zero-order chi connectivity index (χ0) is 30.0. The summed E-state index contributed by atoms with van der Waals surface area (Å²) in [7, 11) is 7.61. The quantitative estimate of drug-likeness (QED) is 0.157. The smallest absolute Gasteiger partial charge is 0.295 e. The first-order valence-electron chi connectivity index (χ1n) is 13.2. The molecular weight excluding hydrogens is 540 g/mol. The van der Waals surface area contributed by atoms with Crippen molar-refractivity contribution in [2.45, 2.75) is 12.5 Å². The van der Waals surface area contributed by atoms with E-state index in [-0.39, 0.29) is 17.9 Å². The third-order valence-electron chi connectivity index (χ3n) is 7.53. The fourth-order valence-corrected chi connectivity index (χ4v) is 5.36. The molecule has 42 heavy (non-hydrogen) atoms. The summed E-state index contributed by atoms with van der Waals surface area (Å²) in [5, 5.41) is 12.5. The molecule has 1 aliphatic rings. The first-order valence-corrected chi connectivity index (χ1v) is 13.2. The van der Waals surface area contributed by atoms with E-state index >= 15 is 0 Å². The number of carbonyl (C=O) groups is 2. The summed E-state index contributed by atoms with van der Waals surface area (Å²) >= 11 is 0. The fraction of sp³-hybridized carbons (Fsp3) is 0.250. The minimum absolute atomic E-state index is 0.0700. The van der Waals surface area contributed by atoms with Crippen molar-refractivity contribution in [1.29, 1.82) is 0 Å². The number of ether oxygens (including phenoxy) is 5. The number of aliphatic hydroxyl groups excluding tert-OH is 1. The summed E-state index contributed by atoms with van der Waals surface area (Å²) in [6, 6.07) is 14.7. The normalized spacial score (nSPS) is 16.1. The van der Waals surface area contributed by atoms with E-state index in [0.29, 0.717) is 46.3 Å². The van der Waals surface area contributed by atoms with E-state index in [1.807, 2.05) is 24.4 Å². The molecule has 10 heteroatoms. The first kappa shape index (κ1) is 28.4. The van der Waals surface area contributed by atoms with E-state index in [0.717, 1.165) is 16.5 Å². The number of carbonyl (C=O) groups excluding carboxylic acids is 2. The number of aliphatic hydroxyl groups is 1. The summed E-state index contributed by atoms with van der Waals surface area (Å²) in [6.07, 6.45) is 2.31. The molecular formula is C32H32N2O8. The summed E-state index contributed by atoms with van der Waals surface area (Å²) in [5.74, 6) is 0.580. The number of hydrogen-bond acceptors (Lipinski definition) is 8. The molecule has 0 radical (unpaired) electrons. The Morgan fingerprint density at radius 3 is 2.17 bits per heavy atom. The molecule has 2 heterocycles. The fourth-order valence-electron chi connectivity index (χ4n) is 5.36. The van der Waals surface area contributed by atoms with Crippen LogP contribution in [-0.4, -0.2) is 68.8 Å². The largest absolute Gasteiger partial charge is 0.507 e. The minimum atomic E-state index is -0.956. The van der Waals surface area contributed by atoms with Gasteiger partial charge in [0.1, 0.15) is 23.0 Å². The Morgan fingerprint density at radius 2 is 1.48 bits per heavy atom. The second-order valence-electron chi connectivity index (χ2n) is 9.65. The Balaban J connectivity index is 1.63. The van der Waals surface area contributed by atoms with E-state index in [9.17, 15) is 14.7 Å². The van der Waals surface area contributed by atoms with Gasteiger partial charge in [-0.1, -0.05) is 0 Å². The van der Waals surface area contributed by atoms with E-state index in [4.69, 9.17) is 23.7 Å². The van der Waals surface area contributed by atoms with Crippen molar-refractivity contribution >= 4 is 28.4 Å². The molecule has 10 nitrogen and oxygen atoms in total. The Bertz CT molecular complexity index is 1690. The van der Waals surface area contributed by atoms with Crippen LogP contribution in [0.5, 0.6) is 28.7 Å². The predicted molar refractivity (Wildman–Crippen MR) is 157 cm³/mol. The van der Waals surface area contributed by atoms with Crippen LogP contribution in [0.3, 0.4) is 0 Å². The molecule has 1 fully saturated rings. The lowest BCUT2D eigenvalue weighted by atomic mass is 9.94. The molecule has 218 valence electrons. The molecule has 1 saturated heterocycles. The van der Waals surface area contributed by atoms with Gasteiger partial charge in [0.05, 0.1) is 47.2 Å². The molecule has 1 aliphatic heterocycles. The molecule has 0 bridgehead atoms. The van der Waals surface area contributed by atoms with Crippen molar-refractivity contribution in [3.05, 3.63) is 83.1 Å². The highest BCUT2D eigenvalue weighted by molar-refractivity contribution is 6.46. The third-order valence-corrected chi connectivity index (χ3v) is 7.53. The average molecular weight is 573 g/mol. The lowest BCUT2D eigenvalue weighted by Gasteiger charge is -2.27. The van der Waals surface area contributed by atoms with E-state index in [2.05, 4.69) is 4.98 Å². The van der Waals surface area contributed by atoms with Crippen LogP contribution in [-0.2, 0) is 16.0 Å². The van der Waals surface area contributed by atoms with Gasteiger partial charge < -0.3 is 38.7 Å². The van der Waals surface area contributed by atoms with Gasteiger partial charge in [-0.05, 0) is 66.6 Å². The number of Topliss-reactive ketones (excluding diaryl/α,β-unsaturated/α-hetero) is 1. The van der Waals surface area contributed by atoms with Gasteiger partial charge in [0.15, 0.2) is 11.5 Å². The van der Waals surface area contributed by atoms with Crippen molar-refractivity contribution < 1.29 is 38.4 Å². The van der Waals surface area contributed by atoms with Crippen molar-refractivity contribution in [3.8, 4) is 28.7 Å². The zero-order valence-electron chi connectivity index (χ0n) is 24.0. The molecule has 2 N–H and O–H groups in total. The third kappa shape index (κ3) is 4.96. The standard InChI is InChI=1S/C32H32N2O8/c1-38-20-7-9-24-22(15-20)19(17-33-24)12-13-34-29(23-16-21(39-2)8-11-25(23)40-3)28(31(36)32(34)37)30(35)18-6-10-26(41-4)27(14-18)42-5/h6-11,14-17,29,33,35H,12-13H2,1-5H3/t29-/m1/s1. The van der Waals surface area contributed by atoms with Gasteiger partial charge in [-0.25, -0.2) is 0 Å². The van der Waals surface area contributed by atoms with Gasteiger partial charge >= 0.3 is 0 Å². The SMILES string of the molecule is COc1ccc(OC)c([C@@H]2C(=C(O)c3ccc(OC)c(OC)c3)C(=O)C(=O)N2CCc2c[nH]c3ccc(OC)cc23)c1. The first-order chi connectivity index (χ1) is 20.3. The van der Waals surface area contributed by atoms with Gasteiger partial charge in [-0.15, -0.1) is 0 Å². The Labute approximate surface area is 243 Å². The number of benzene rings is 3. The number of rotatable bonds is 10. The second-order valence-corrected chi connectivity index (χ2v) is 9.65. The molecule has 1 atom stereocenters.